The first kappa shape index (κ1) is 19.2. The zero-order chi connectivity index (χ0) is 19.6. The van der Waals surface area contributed by atoms with E-state index in [9.17, 15) is 19.7 Å². The Bertz CT molecular complexity index is 962. The molecule has 0 radical (unpaired) electrons. The molecule has 0 spiro atoms. The molecule has 0 amide bonds. The van der Waals surface area contributed by atoms with Crippen LogP contribution in [-0.2, 0) is 0 Å². The molecule has 27 heavy (non-hydrogen) atoms. The number of allylic oxidation sites excluding steroid dienone is 2. The first-order valence-electron chi connectivity index (χ1n) is 8.58. The number of nitrogens with zero attached hydrogens (tertiary/aromatic N) is 1. The summed E-state index contributed by atoms with van der Waals surface area (Å²) in [6, 6.07) is 13.7. The molecule has 0 heterocycles. The molecule has 0 aliphatic heterocycles. The number of hydrogen-bond acceptors (Lipinski definition) is 4. The van der Waals surface area contributed by atoms with E-state index in [-0.39, 0.29) is 37.1 Å². The molecule has 5 nitrogen and oxygen atoms in total. The third-order valence-electron chi connectivity index (χ3n) is 4.73. The quantitative estimate of drug-likeness (QED) is 0.399. The number of ketones is 2. The average molecular weight is 428 g/mol. The van der Waals surface area contributed by atoms with E-state index >= 15 is 0 Å². The molecule has 0 atom stereocenters. The van der Waals surface area contributed by atoms with E-state index in [1.807, 2.05) is 13.8 Å². The molecule has 0 aromatic heterocycles. The van der Waals surface area contributed by atoms with E-state index in [1.165, 1.54) is 12.1 Å². The van der Waals surface area contributed by atoms with Gasteiger partial charge in [-0.2, -0.15) is 0 Å². The molecule has 0 saturated heterocycles. The number of nitro benzene ring substituents is 1. The fraction of sp³-hybridized carbons (Fsp3) is 0.238. The topological polar surface area (TPSA) is 77.3 Å². The van der Waals surface area contributed by atoms with Gasteiger partial charge in [0.1, 0.15) is 0 Å². The summed E-state index contributed by atoms with van der Waals surface area (Å²) in [4.78, 5) is 36.1. The number of rotatable bonds is 6. The number of fused-ring (bicyclic) bond motifs is 1. The predicted molar refractivity (Wildman–Crippen MR) is 105 cm³/mol. The van der Waals surface area contributed by atoms with Gasteiger partial charge in [-0.15, -0.1) is 0 Å². The van der Waals surface area contributed by atoms with Crippen molar-refractivity contribution in [1.29, 1.82) is 0 Å². The predicted octanol–water partition coefficient (Wildman–Crippen LogP) is 3.76. The monoisotopic (exact) mass is 429 g/mol. The molecule has 1 aliphatic carbocycles. The van der Waals surface area contributed by atoms with E-state index in [0.29, 0.717) is 23.1 Å². The number of nitro groups is 1. The normalized spacial score (nSPS) is 13.9. The van der Waals surface area contributed by atoms with Crippen LogP contribution in [0.3, 0.4) is 0 Å². The van der Waals surface area contributed by atoms with Crippen molar-refractivity contribution in [3.05, 3.63) is 81.4 Å². The van der Waals surface area contributed by atoms with Crippen molar-refractivity contribution in [2.45, 2.75) is 25.6 Å². The minimum absolute atomic E-state index is 0.0822. The Labute approximate surface area is 163 Å². The van der Waals surface area contributed by atoms with Crippen LogP contribution in [0, 0.1) is 15.5 Å². The summed E-state index contributed by atoms with van der Waals surface area (Å²) >= 11 is -0.0822. The van der Waals surface area contributed by atoms with Crippen LogP contribution in [0.4, 0.5) is 5.69 Å². The van der Waals surface area contributed by atoms with Gasteiger partial charge in [-0.05, 0) is 0 Å². The van der Waals surface area contributed by atoms with Gasteiger partial charge in [0, 0.05) is 0 Å². The van der Waals surface area contributed by atoms with Crippen LogP contribution < -0.4 is 4.46 Å². The van der Waals surface area contributed by atoms with E-state index in [1.54, 1.807) is 42.5 Å². The second-order valence-electron chi connectivity index (χ2n) is 7.00. The van der Waals surface area contributed by atoms with Gasteiger partial charge in [0.15, 0.2) is 0 Å². The van der Waals surface area contributed by atoms with Crippen molar-refractivity contribution in [2.24, 2.45) is 5.41 Å². The number of para-hydroxylation sites is 1. The third-order valence-corrected chi connectivity index (χ3v) is 6.97. The van der Waals surface area contributed by atoms with Gasteiger partial charge in [-0.25, -0.2) is 0 Å². The molecule has 0 N–H and O–H groups in total. The van der Waals surface area contributed by atoms with Crippen LogP contribution in [-0.4, -0.2) is 31.4 Å². The fourth-order valence-corrected chi connectivity index (χ4v) is 5.82. The standard InChI is InChI=1S/C21H19NO4Se/c1-21(2,11-12-27-19-10-6-5-9-17(19)22(25)26)16-13-18(23)14-7-3-4-8-15(14)20(16)24/h3-10,13H,11-12H2,1-2H3. The van der Waals surface area contributed by atoms with Crippen LogP contribution in [0.5, 0.6) is 0 Å². The van der Waals surface area contributed by atoms with Gasteiger partial charge in [0.2, 0.25) is 0 Å². The molecule has 6 heteroatoms. The van der Waals surface area contributed by atoms with Gasteiger partial charge >= 0.3 is 164 Å². The Kier molecular flexibility index (Phi) is 5.40. The first-order valence-corrected chi connectivity index (χ1v) is 10.6. The molecule has 3 rings (SSSR count). The molecule has 0 bridgehead atoms. The molecule has 138 valence electrons. The molecule has 2 aromatic carbocycles. The number of Topliss-reactive ketones (excluding diaryl/α,β-unsaturated/α-hetero) is 1. The van der Waals surface area contributed by atoms with Crippen LogP contribution in [0.15, 0.2) is 60.2 Å². The van der Waals surface area contributed by atoms with Crippen molar-refractivity contribution >= 4 is 36.7 Å². The zero-order valence-corrected chi connectivity index (χ0v) is 16.8. The van der Waals surface area contributed by atoms with Gasteiger partial charge in [-0.3, -0.25) is 0 Å². The van der Waals surface area contributed by atoms with E-state index in [4.69, 9.17) is 0 Å². The second-order valence-corrected chi connectivity index (χ2v) is 9.39. The SMILES string of the molecule is CC(C)(CC[Se]c1ccccc1[N+](=O)[O-])C1=CC(=O)c2ccccc2C1=O. The molecule has 2 aromatic rings. The Morgan fingerprint density at radius 1 is 1.00 bits per heavy atom. The van der Waals surface area contributed by atoms with E-state index in [0.717, 1.165) is 9.78 Å². The number of benzene rings is 2. The summed E-state index contributed by atoms with van der Waals surface area (Å²) < 4.78 is 0.746. The Morgan fingerprint density at radius 3 is 2.33 bits per heavy atom. The maximum absolute atomic E-state index is 12.9. The van der Waals surface area contributed by atoms with Crippen LogP contribution in [0.2, 0.25) is 5.32 Å². The van der Waals surface area contributed by atoms with E-state index < -0.39 is 5.41 Å². The Hall–Kier alpha value is -2.56. The zero-order valence-electron chi connectivity index (χ0n) is 15.1. The number of carbonyl (C=O) groups is 2. The van der Waals surface area contributed by atoms with Crippen LogP contribution in [0.1, 0.15) is 41.0 Å². The van der Waals surface area contributed by atoms with Crippen molar-refractivity contribution in [1.82, 2.24) is 0 Å². The van der Waals surface area contributed by atoms with Gasteiger partial charge < -0.3 is 0 Å². The summed E-state index contributed by atoms with van der Waals surface area (Å²) in [6.07, 6.45) is 2.13. The van der Waals surface area contributed by atoms with Crippen molar-refractivity contribution in [2.75, 3.05) is 0 Å². The number of carbonyl (C=O) groups excluding carboxylic acids is 2. The summed E-state index contributed by atoms with van der Waals surface area (Å²) in [5.74, 6) is -0.245. The Balaban J connectivity index is 1.75. The van der Waals surface area contributed by atoms with Crippen molar-refractivity contribution in [3.8, 4) is 0 Å². The summed E-state index contributed by atoms with van der Waals surface area (Å²) in [6.45, 7) is 3.90. The molecule has 0 fully saturated rings. The molecule has 1 aliphatic rings. The fourth-order valence-electron chi connectivity index (χ4n) is 3.10. The molecular weight excluding hydrogens is 409 g/mol. The summed E-state index contributed by atoms with van der Waals surface area (Å²) in [5.41, 5.74) is 1.09. The summed E-state index contributed by atoms with van der Waals surface area (Å²) in [5, 5.41) is 11.9. The molecule has 0 saturated carbocycles. The first-order chi connectivity index (χ1) is 12.8. The maximum atomic E-state index is 12.9. The minimum atomic E-state index is -0.481. The van der Waals surface area contributed by atoms with Gasteiger partial charge in [-0.1, -0.05) is 0 Å². The molecular formula is C21H19NO4Se. The molecule has 0 unspecified atom stereocenters. The third kappa shape index (κ3) is 3.92. The van der Waals surface area contributed by atoms with Gasteiger partial charge in [0.25, 0.3) is 0 Å². The van der Waals surface area contributed by atoms with Crippen molar-refractivity contribution in [3.63, 3.8) is 0 Å². The van der Waals surface area contributed by atoms with Crippen LogP contribution in [0.25, 0.3) is 0 Å². The van der Waals surface area contributed by atoms with E-state index in [2.05, 4.69) is 0 Å². The Morgan fingerprint density at radius 2 is 1.63 bits per heavy atom. The summed E-state index contributed by atoms with van der Waals surface area (Å²) in [7, 11) is 0. The second kappa shape index (κ2) is 7.59. The van der Waals surface area contributed by atoms with Crippen LogP contribution >= 0.6 is 0 Å². The number of hydrogen-bond donors (Lipinski definition) is 0. The average Bonchev–Trinajstić information content (AvgIpc) is 2.64. The van der Waals surface area contributed by atoms with Crippen molar-refractivity contribution < 1.29 is 14.5 Å². The van der Waals surface area contributed by atoms with Gasteiger partial charge in [0.05, 0.1) is 0 Å².